The average molecular weight is 1360 g/mol. The first-order valence-corrected chi connectivity index (χ1v) is 27.9. The minimum Gasteiger partial charge on any atom is -0.462 e. The summed E-state index contributed by atoms with van der Waals surface area (Å²) in [6.45, 7) is 9.99. The van der Waals surface area contributed by atoms with E-state index in [4.69, 9.17) is 51.6 Å². The third-order valence-electron chi connectivity index (χ3n) is 13.8. The molecule has 3 saturated heterocycles. The van der Waals surface area contributed by atoms with Crippen LogP contribution in [0.2, 0.25) is 0 Å². The van der Waals surface area contributed by atoms with Crippen LogP contribution in [-0.2, 0) is 53.3 Å². The number of nitrogen functional groups attached to an aromatic ring is 3. The molecule has 0 radical (unpaired) electrons. The van der Waals surface area contributed by atoms with Crippen molar-refractivity contribution in [1.82, 2.24) is 63.6 Å². The number of aliphatic hydroxyl groups excluding tert-OH is 5. The van der Waals surface area contributed by atoms with E-state index in [1.807, 2.05) is 5.92 Å². The van der Waals surface area contributed by atoms with Crippen molar-refractivity contribution in [3.05, 3.63) is 82.1 Å². The van der Waals surface area contributed by atoms with Crippen LogP contribution in [0.4, 0.5) is 48.5 Å². The maximum Gasteiger partial charge on any atom is 0.459 e. The predicted octanol–water partition coefficient (Wildman–Crippen LogP) is 1.82. The quantitative estimate of drug-likeness (QED) is 0.0137. The van der Waals surface area contributed by atoms with E-state index in [-0.39, 0.29) is 73.9 Å². The fourth-order valence-electron chi connectivity index (χ4n) is 9.49. The minimum absolute atomic E-state index is 0. The normalized spacial score (nSPS) is 27.1. The van der Waals surface area contributed by atoms with Gasteiger partial charge in [-0.1, -0.05) is 37.3 Å². The standard InChI is InChI=1S/C25H33FN7O7P.C13H17FN6O3.C13H15FN6O3.CH3.Pd/c1-6-25(26)19(34)17(39-23(25)33-13-29-18-20(28-5)30-24(27)31-21(18)33)12-37-41(36,40-16-10-8-7-9-11-16)32-15(4)22(35)38-14(2)3;2*1-3-13(14)8(22)6(4-21)23-11(13)20-5-17-7-9(16-2)18-12(15)19-10(7)20;;/h6-11,13-15,17,19,23,34H,1,12H2,2-5H3,(H,32,36)(H3,27,28,30,31);3,5-6,8,11,21-22H,1,4H2,2H3,(H3,15,16,18,19);1,5-6,8,11,21-22H,4H2,2H3,(H3,15,16,18,19);1H3;/q;;;-1;/t15-,17+,19+,23+,25+,41-;2*6-,8-,11-,13-;;/m011../s1. The number of aliphatic hydroxyl groups is 5. The van der Waals surface area contributed by atoms with E-state index >= 15 is 13.2 Å². The Bertz CT molecular complexity index is 3720. The maximum absolute atomic E-state index is 16.3. The first-order valence-electron chi connectivity index (χ1n) is 26.4. The summed E-state index contributed by atoms with van der Waals surface area (Å²) in [5.41, 5.74) is 11.3. The fraction of sp³-hybridized carbons (Fsp3) is 0.442. The van der Waals surface area contributed by atoms with Gasteiger partial charge in [0.2, 0.25) is 34.9 Å². The molecule has 15 N–H and O–H groups in total. The van der Waals surface area contributed by atoms with Crippen LogP contribution in [0.25, 0.3) is 33.5 Å². The second kappa shape index (κ2) is 28.4. The molecule has 89 heavy (non-hydrogen) atoms. The molecule has 486 valence electrons. The number of ether oxygens (including phenoxy) is 4. The summed E-state index contributed by atoms with van der Waals surface area (Å²) in [7, 11) is 0.560. The number of nitrogens with two attached hydrogens (primary N) is 3. The minimum atomic E-state index is -4.31. The number of esters is 1. The molecule has 3 aliphatic heterocycles. The van der Waals surface area contributed by atoms with Crippen LogP contribution in [0.5, 0.6) is 5.75 Å². The number of halogens is 3. The second-order valence-electron chi connectivity index (χ2n) is 19.8. The summed E-state index contributed by atoms with van der Waals surface area (Å²) in [5, 5.41) is 60.5. The van der Waals surface area contributed by atoms with Gasteiger partial charge >= 0.3 is 13.7 Å². The number of nitrogens with one attached hydrogen (secondary N) is 4. The van der Waals surface area contributed by atoms with E-state index in [1.54, 1.807) is 53.2 Å². The molecule has 0 unspecified atom stereocenters. The van der Waals surface area contributed by atoms with E-state index in [2.05, 4.69) is 79.1 Å². The molecule has 14 atom stereocenters. The molecule has 0 bridgehead atoms. The zero-order valence-electron chi connectivity index (χ0n) is 48.7. The van der Waals surface area contributed by atoms with Crippen molar-refractivity contribution in [2.75, 3.05) is 74.1 Å². The number of nitrogens with zero attached hydrogens (tertiary/aromatic N) is 12. The molecule has 37 heteroatoms. The van der Waals surface area contributed by atoms with E-state index in [0.29, 0.717) is 28.5 Å². The number of hydrogen-bond acceptors (Lipinski definition) is 28. The number of aromatic nitrogens is 12. The summed E-state index contributed by atoms with van der Waals surface area (Å²) in [6, 6.07) is 6.99. The molecular weight excluding hydrogens is 1290 g/mol. The zero-order valence-corrected chi connectivity index (χ0v) is 51.2. The number of alkyl halides is 3. The van der Waals surface area contributed by atoms with Crippen LogP contribution < -0.4 is 42.8 Å². The van der Waals surface area contributed by atoms with Gasteiger partial charge < -0.3 is 89.6 Å². The first kappa shape index (κ1) is 70.4. The third-order valence-corrected chi connectivity index (χ3v) is 15.5. The monoisotopic (exact) mass is 1360 g/mol. The van der Waals surface area contributed by atoms with Crippen molar-refractivity contribution in [3.63, 3.8) is 0 Å². The van der Waals surface area contributed by atoms with Gasteiger partial charge in [0.25, 0.3) is 0 Å². The van der Waals surface area contributed by atoms with Gasteiger partial charge in [-0.05, 0) is 45.1 Å². The van der Waals surface area contributed by atoms with Crippen molar-refractivity contribution in [2.24, 2.45) is 0 Å². The van der Waals surface area contributed by atoms with Crippen LogP contribution in [-0.4, -0.2) is 197 Å². The number of carbonyl (C=O) groups is 1. The number of benzene rings is 1. The Labute approximate surface area is 520 Å². The van der Waals surface area contributed by atoms with Crippen molar-refractivity contribution in [1.29, 1.82) is 0 Å². The first-order chi connectivity index (χ1) is 41.3. The number of carbonyl (C=O) groups excluding carboxylic acids is 1. The molecule has 9 heterocycles. The van der Waals surface area contributed by atoms with Crippen LogP contribution in [0.15, 0.2) is 74.6 Å². The van der Waals surface area contributed by atoms with Gasteiger partial charge in [-0.2, -0.15) is 35.0 Å². The number of terminal acetylenes is 1. The summed E-state index contributed by atoms with van der Waals surface area (Å²) < 4.78 is 97.2. The van der Waals surface area contributed by atoms with Crippen LogP contribution in [0.1, 0.15) is 39.5 Å². The van der Waals surface area contributed by atoms with Gasteiger partial charge in [0.05, 0.1) is 44.9 Å². The van der Waals surface area contributed by atoms with Gasteiger partial charge in [-0.3, -0.25) is 23.0 Å². The van der Waals surface area contributed by atoms with Crippen molar-refractivity contribution < 1.29 is 96.5 Å². The van der Waals surface area contributed by atoms with E-state index in [9.17, 15) is 34.9 Å². The Morgan fingerprint density at radius 2 is 1.11 bits per heavy atom. The number of para-hydroxylation sites is 1. The molecule has 3 fully saturated rings. The molecule has 0 spiro atoms. The van der Waals surface area contributed by atoms with E-state index in [1.165, 1.54) is 51.7 Å². The van der Waals surface area contributed by atoms with Crippen LogP contribution in [0, 0.1) is 19.8 Å². The number of anilines is 6. The molecular formula is C52H68F3N19O13PPd-. The van der Waals surface area contributed by atoms with Gasteiger partial charge in [-0.15, -0.1) is 6.42 Å². The topological polar surface area (TPSA) is 448 Å². The Morgan fingerprint density at radius 3 is 1.51 bits per heavy atom. The van der Waals surface area contributed by atoms with Gasteiger partial charge in [0.15, 0.2) is 69.6 Å². The smallest absolute Gasteiger partial charge is 0.459 e. The van der Waals surface area contributed by atoms with Gasteiger partial charge in [0, 0.05) is 41.6 Å². The molecule has 10 rings (SSSR count). The largest absolute Gasteiger partial charge is 0.462 e. The van der Waals surface area contributed by atoms with E-state index in [0.717, 1.165) is 12.2 Å². The molecule has 0 aliphatic carbocycles. The predicted molar refractivity (Wildman–Crippen MR) is 313 cm³/mol. The fourth-order valence-corrected chi connectivity index (χ4v) is 11.0. The number of fused-ring (bicyclic) bond motifs is 3. The number of rotatable bonds is 19. The second-order valence-corrected chi connectivity index (χ2v) is 21.5. The van der Waals surface area contributed by atoms with Gasteiger partial charge in [-0.25, -0.2) is 32.7 Å². The molecule has 7 aromatic rings. The Kier molecular flexibility index (Phi) is 22.4. The number of hydrogen-bond donors (Lipinski definition) is 12. The summed E-state index contributed by atoms with van der Waals surface area (Å²) >= 11 is 0. The van der Waals surface area contributed by atoms with Crippen molar-refractivity contribution in [3.8, 4) is 18.1 Å². The van der Waals surface area contributed by atoms with E-state index < -0.39 is 118 Å². The molecule has 3 aliphatic rings. The maximum atomic E-state index is 16.3. The zero-order chi connectivity index (χ0) is 63.5. The van der Waals surface area contributed by atoms with Gasteiger partial charge in [0.1, 0.15) is 48.4 Å². The Morgan fingerprint density at radius 1 is 0.719 bits per heavy atom. The van der Waals surface area contributed by atoms with Crippen molar-refractivity contribution >= 4 is 82.5 Å². The summed E-state index contributed by atoms with van der Waals surface area (Å²) in [4.78, 5) is 49.2. The van der Waals surface area contributed by atoms with Crippen molar-refractivity contribution in [2.45, 2.75) is 105 Å². The Balaban J connectivity index is 0.000000225. The summed E-state index contributed by atoms with van der Waals surface area (Å²) in [6.07, 6.45) is -2.38. The summed E-state index contributed by atoms with van der Waals surface area (Å²) in [5.74, 6) is 2.26. The van der Waals surface area contributed by atoms with Crippen LogP contribution >= 0.6 is 7.75 Å². The molecule has 0 amide bonds. The SMILES string of the molecule is C#C[C@@]1(F)[C@H](O)[C@@H](CO)O[C@H]1n1cnc2c(NC)nc(N)nc21.C=C[C@@]1(F)[C@H](O)[C@@H](CO)O[C@H]1n1cnc2c(NC)nc(N)nc21.C=C[C@@]1(F)[C@H](O)[C@@H](CO[P@@](=O)(N[C@@H](C)C(=O)OC(C)C)Oc2ccccc2)O[C@H]1n1cnc2c(NC)nc(N)nc21.[CH3-].[Pd]. The molecule has 1 aromatic carbocycles. The number of imidazole rings is 3. The molecule has 32 nitrogen and oxygen atoms in total. The van der Waals surface area contributed by atoms with Crippen LogP contribution in [0.3, 0.4) is 0 Å². The molecule has 0 saturated carbocycles. The Hall–Kier alpha value is -7.74. The molecule has 6 aromatic heterocycles. The average Bonchev–Trinajstić information content (AvgIpc) is 2.27. The third kappa shape index (κ3) is 13.6.